The topological polar surface area (TPSA) is 48.8 Å². The van der Waals surface area contributed by atoms with E-state index in [1.807, 2.05) is 18.2 Å². The first-order valence-corrected chi connectivity index (χ1v) is 19.3. The van der Waals surface area contributed by atoms with E-state index in [0.717, 1.165) is 66.5 Å². The van der Waals surface area contributed by atoms with Gasteiger partial charge in [0.2, 0.25) is 5.71 Å². The molecule has 0 amide bonds. The molecule has 0 spiro atoms. The summed E-state index contributed by atoms with van der Waals surface area (Å²) < 4.78 is 11.2. The number of hydrogen-bond acceptors (Lipinski definition) is 3. The molecule has 0 saturated heterocycles. The lowest BCUT2D eigenvalue weighted by Crippen LogP contribution is -2.04. The van der Waals surface area contributed by atoms with Crippen molar-refractivity contribution in [2.75, 3.05) is 0 Å². The Morgan fingerprint density at radius 1 is 0.386 bits per heavy atom. The second kappa shape index (κ2) is 11.4. The molecule has 8 aromatic carbocycles. The molecule has 5 heterocycles. The summed E-state index contributed by atoms with van der Waals surface area (Å²) in [7, 11) is 0. The van der Waals surface area contributed by atoms with Crippen molar-refractivity contribution in [1.82, 2.24) is 19.1 Å². The summed E-state index contributed by atoms with van der Waals surface area (Å²) in [5, 5.41) is 5.64. The molecule has 1 aliphatic rings. The molecule has 0 saturated carbocycles. The van der Waals surface area contributed by atoms with E-state index in [4.69, 9.17) is 14.4 Å². The summed E-state index contributed by atoms with van der Waals surface area (Å²) in [5.74, 6) is 0.757. The van der Waals surface area contributed by atoms with Crippen molar-refractivity contribution in [3.8, 4) is 56.1 Å². The first-order valence-electron chi connectivity index (χ1n) is 19.3. The van der Waals surface area contributed by atoms with Crippen molar-refractivity contribution in [1.29, 1.82) is 0 Å². The molecule has 0 unspecified atom stereocenters. The highest BCUT2D eigenvalue weighted by molar-refractivity contribution is 6.22. The van der Waals surface area contributed by atoms with E-state index in [-0.39, 0.29) is 0 Å². The Kier molecular flexibility index (Phi) is 6.10. The van der Waals surface area contributed by atoms with Gasteiger partial charge in [0.15, 0.2) is 5.82 Å². The molecule has 0 aliphatic carbocycles. The van der Waals surface area contributed by atoms with Crippen LogP contribution in [0.4, 0.5) is 0 Å². The fourth-order valence-electron chi connectivity index (χ4n) is 9.48. The second-order valence-corrected chi connectivity index (χ2v) is 14.9. The van der Waals surface area contributed by atoms with Crippen LogP contribution in [0.2, 0.25) is 0 Å². The molecular weight excluding hydrogens is 697 g/mol. The van der Waals surface area contributed by atoms with Gasteiger partial charge in [-0.05, 0) is 58.7 Å². The fourth-order valence-corrected chi connectivity index (χ4v) is 9.48. The summed E-state index contributed by atoms with van der Waals surface area (Å²) >= 11 is 0. The van der Waals surface area contributed by atoms with Crippen LogP contribution in [-0.4, -0.2) is 19.1 Å². The highest BCUT2D eigenvalue weighted by Crippen LogP contribution is 2.48. The van der Waals surface area contributed by atoms with Crippen LogP contribution < -0.4 is 0 Å². The number of rotatable bonds is 3. The lowest BCUT2D eigenvalue weighted by molar-refractivity contribution is 0.653. The minimum absolute atomic E-state index is 0.518. The predicted octanol–water partition coefficient (Wildman–Crippen LogP) is 13.6. The van der Waals surface area contributed by atoms with E-state index >= 15 is 0 Å². The number of benzene rings is 8. The van der Waals surface area contributed by atoms with Crippen molar-refractivity contribution in [3.05, 3.63) is 182 Å². The summed E-state index contributed by atoms with van der Waals surface area (Å²) in [5.41, 5.74) is 16.6. The first kappa shape index (κ1) is 30.6. The third-order valence-electron chi connectivity index (χ3n) is 11.9. The van der Waals surface area contributed by atoms with Crippen molar-refractivity contribution in [3.63, 3.8) is 0 Å². The number of para-hydroxylation sites is 4. The molecule has 0 radical (unpaired) electrons. The van der Waals surface area contributed by atoms with Gasteiger partial charge in [-0.2, -0.15) is 0 Å². The monoisotopic (exact) mass is 726 g/mol. The molecule has 0 N–H and O–H groups in total. The smallest absolute Gasteiger partial charge is 0.247 e. The van der Waals surface area contributed by atoms with Gasteiger partial charge in [0.05, 0.1) is 27.8 Å². The van der Waals surface area contributed by atoms with E-state index in [9.17, 15) is 0 Å². The standard InChI is InChI=1S/C52H30N4O/c1-2-15-31(16-3-1)32-17-4-7-22-37(32)48-51(53-49-40-23-10-13-28-47(40)57-52(49)54-48)56-44-27-12-9-21-36(44)41-29-45-42(30-46(41)56)39-25-14-24-38-34-19-6-5-18-33(34)35-20-8-11-26-43(35)55(45)50(38)39/h1-30H. The van der Waals surface area contributed by atoms with Gasteiger partial charge in [-0.15, -0.1) is 0 Å². The average Bonchev–Trinajstić information content (AvgIpc) is 3.89. The van der Waals surface area contributed by atoms with Gasteiger partial charge in [0.25, 0.3) is 0 Å². The van der Waals surface area contributed by atoms with Gasteiger partial charge in [-0.3, -0.25) is 4.57 Å². The molecule has 4 aromatic heterocycles. The Hall–Kier alpha value is -7.76. The zero-order valence-corrected chi connectivity index (χ0v) is 30.5. The Morgan fingerprint density at radius 2 is 0.982 bits per heavy atom. The highest BCUT2D eigenvalue weighted by Gasteiger charge is 2.27. The maximum atomic E-state index is 6.42. The van der Waals surface area contributed by atoms with Gasteiger partial charge >= 0.3 is 0 Å². The van der Waals surface area contributed by atoms with Crippen LogP contribution in [-0.2, 0) is 0 Å². The minimum Gasteiger partial charge on any atom is -0.436 e. The van der Waals surface area contributed by atoms with Crippen LogP contribution in [0.25, 0.3) is 122 Å². The van der Waals surface area contributed by atoms with E-state index < -0.39 is 0 Å². The van der Waals surface area contributed by atoms with Crippen molar-refractivity contribution in [2.24, 2.45) is 0 Å². The molecule has 1 aliphatic heterocycles. The number of furan rings is 1. The van der Waals surface area contributed by atoms with Gasteiger partial charge in [-0.1, -0.05) is 146 Å². The van der Waals surface area contributed by atoms with Crippen molar-refractivity contribution < 1.29 is 4.42 Å². The molecule has 264 valence electrons. The zero-order chi connectivity index (χ0) is 37.2. The largest absolute Gasteiger partial charge is 0.436 e. The van der Waals surface area contributed by atoms with Crippen molar-refractivity contribution in [2.45, 2.75) is 0 Å². The van der Waals surface area contributed by atoms with E-state index in [1.165, 1.54) is 49.7 Å². The SMILES string of the molecule is c1ccc(-c2ccccc2-c2nc3oc4ccccc4c3nc2-n2c3ccccc3c3cc4c(cc32)c2cccc3c2n4-c2ccccc2-c2ccccc2-3)cc1. The molecule has 57 heavy (non-hydrogen) atoms. The van der Waals surface area contributed by atoms with Gasteiger partial charge in [-0.25, -0.2) is 9.97 Å². The Bertz CT molecular complexity index is 3640. The average molecular weight is 727 g/mol. The second-order valence-electron chi connectivity index (χ2n) is 14.9. The molecule has 13 rings (SSSR count). The minimum atomic E-state index is 0.518. The molecule has 5 heteroatoms. The number of fused-ring (bicyclic) bond motifs is 14. The summed E-state index contributed by atoms with van der Waals surface area (Å²) in [6.07, 6.45) is 0. The lowest BCUT2D eigenvalue weighted by atomic mass is 9.94. The van der Waals surface area contributed by atoms with Gasteiger partial charge < -0.3 is 8.98 Å². The molecule has 0 fully saturated rings. The third-order valence-corrected chi connectivity index (χ3v) is 11.9. The normalized spacial score (nSPS) is 12.2. The molecule has 0 bridgehead atoms. The van der Waals surface area contributed by atoms with Crippen LogP contribution in [0, 0.1) is 0 Å². The number of aromatic nitrogens is 4. The predicted molar refractivity (Wildman–Crippen MR) is 233 cm³/mol. The van der Waals surface area contributed by atoms with Gasteiger partial charge in [0.1, 0.15) is 16.8 Å². The maximum Gasteiger partial charge on any atom is 0.247 e. The van der Waals surface area contributed by atoms with Gasteiger partial charge in [0, 0.05) is 43.6 Å². The van der Waals surface area contributed by atoms with Crippen LogP contribution in [0.15, 0.2) is 186 Å². The molecule has 0 atom stereocenters. The van der Waals surface area contributed by atoms with Crippen LogP contribution >= 0.6 is 0 Å². The zero-order valence-electron chi connectivity index (χ0n) is 30.5. The summed E-state index contributed by atoms with van der Waals surface area (Å²) in [4.78, 5) is 11.0. The Labute approximate surface area is 326 Å². The summed E-state index contributed by atoms with van der Waals surface area (Å²) in [6.45, 7) is 0. The molecular formula is C52H30N4O. The first-order chi connectivity index (χ1) is 28.3. The van der Waals surface area contributed by atoms with Crippen LogP contribution in [0.5, 0.6) is 0 Å². The molecule has 12 aromatic rings. The lowest BCUT2D eigenvalue weighted by Gasteiger charge is -2.15. The number of nitrogens with zero attached hydrogens (tertiary/aromatic N) is 4. The fraction of sp³-hybridized carbons (Fsp3) is 0. The molecule has 5 nitrogen and oxygen atoms in total. The van der Waals surface area contributed by atoms with E-state index in [1.54, 1.807) is 0 Å². The van der Waals surface area contributed by atoms with E-state index in [0.29, 0.717) is 5.71 Å². The highest BCUT2D eigenvalue weighted by atomic mass is 16.3. The van der Waals surface area contributed by atoms with E-state index in [2.05, 4.69) is 173 Å². The Balaban J connectivity index is 1.19. The maximum absolute atomic E-state index is 6.42. The quantitative estimate of drug-likeness (QED) is 0.182. The summed E-state index contributed by atoms with van der Waals surface area (Å²) in [6, 6.07) is 64.9. The third kappa shape index (κ3) is 4.17. The van der Waals surface area contributed by atoms with Crippen LogP contribution in [0.1, 0.15) is 0 Å². The Morgan fingerprint density at radius 3 is 1.82 bits per heavy atom. The van der Waals surface area contributed by atoms with Crippen molar-refractivity contribution >= 4 is 65.8 Å². The number of hydrogen-bond donors (Lipinski definition) is 0. The van der Waals surface area contributed by atoms with Crippen LogP contribution in [0.3, 0.4) is 0 Å².